The van der Waals surface area contributed by atoms with Crippen LogP contribution in [0.4, 0.5) is 5.82 Å². The summed E-state index contributed by atoms with van der Waals surface area (Å²) in [5, 5.41) is 11.7. The van der Waals surface area contributed by atoms with Crippen molar-refractivity contribution in [2.75, 3.05) is 17.6 Å². The molecular formula is C12H15N3O2S. The van der Waals surface area contributed by atoms with Gasteiger partial charge in [-0.1, -0.05) is 0 Å². The van der Waals surface area contributed by atoms with Gasteiger partial charge in [-0.2, -0.15) is 5.26 Å². The van der Waals surface area contributed by atoms with Gasteiger partial charge in [0.1, 0.15) is 11.9 Å². The smallest absolute Gasteiger partial charge is 0.154 e. The maximum atomic E-state index is 11.7. The van der Waals surface area contributed by atoms with Crippen LogP contribution in [0.5, 0.6) is 0 Å². The Morgan fingerprint density at radius 3 is 3.00 bits per heavy atom. The van der Waals surface area contributed by atoms with Crippen molar-refractivity contribution in [1.82, 2.24) is 4.98 Å². The van der Waals surface area contributed by atoms with Crippen LogP contribution in [0.25, 0.3) is 0 Å². The highest BCUT2D eigenvalue weighted by Crippen LogP contribution is 2.21. The largest absolute Gasteiger partial charge is 0.368 e. The predicted molar refractivity (Wildman–Crippen MR) is 69.0 cm³/mol. The van der Waals surface area contributed by atoms with Gasteiger partial charge in [-0.3, -0.25) is 0 Å². The second kappa shape index (κ2) is 4.94. The fourth-order valence-corrected chi connectivity index (χ4v) is 3.90. The van der Waals surface area contributed by atoms with Gasteiger partial charge in [-0.15, -0.1) is 0 Å². The summed E-state index contributed by atoms with van der Waals surface area (Å²) < 4.78 is 23.4. The summed E-state index contributed by atoms with van der Waals surface area (Å²) in [6.45, 7) is 2.16. The number of rotatable bonds is 3. The van der Waals surface area contributed by atoms with Crippen LogP contribution in [0.2, 0.25) is 0 Å². The van der Waals surface area contributed by atoms with Gasteiger partial charge in [-0.05, 0) is 31.4 Å². The number of anilines is 1. The highest BCUT2D eigenvalue weighted by atomic mass is 32.2. The van der Waals surface area contributed by atoms with Crippen LogP contribution < -0.4 is 5.32 Å². The average Bonchev–Trinajstić information content (AvgIpc) is 2.66. The molecule has 1 aliphatic rings. The van der Waals surface area contributed by atoms with Gasteiger partial charge in [0.2, 0.25) is 0 Å². The standard InChI is InChI=1S/C12H15N3O2S/c1-9-4-5-14-12(11(9)7-13)15-8-10-3-2-6-18(10,16)17/h4-5,10H,2-3,6,8H2,1H3,(H,14,15). The zero-order chi connectivity index (χ0) is 13.2. The highest BCUT2D eigenvalue weighted by Gasteiger charge is 2.31. The molecule has 0 saturated carbocycles. The molecule has 6 heteroatoms. The van der Waals surface area contributed by atoms with Crippen LogP contribution in [-0.2, 0) is 9.84 Å². The Kier molecular flexibility index (Phi) is 3.53. The van der Waals surface area contributed by atoms with Gasteiger partial charge in [0.25, 0.3) is 0 Å². The van der Waals surface area contributed by atoms with Crippen molar-refractivity contribution in [3.05, 3.63) is 23.4 Å². The molecule has 5 nitrogen and oxygen atoms in total. The van der Waals surface area contributed by atoms with Crippen LogP contribution in [0.1, 0.15) is 24.0 Å². The van der Waals surface area contributed by atoms with Crippen molar-refractivity contribution >= 4 is 15.7 Å². The number of pyridine rings is 1. The van der Waals surface area contributed by atoms with Gasteiger partial charge in [0.05, 0.1) is 16.6 Å². The number of sulfone groups is 1. The molecule has 1 aromatic rings. The van der Waals surface area contributed by atoms with E-state index < -0.39 is 9.84 Å². The summed E-state index contributed by atoms with van der Waals surface area (Å²) in [6, 6.07) is 3.85. The van der Waals surface area contributed by atoms with Crippen molar-refractivity contribution in [2.24, 2.45) is 0 Å². The van der Waals surface area contributed by atoms with E-state index >= 15 is 0 Å². The first-order valence-electron chi connectivity index (χ1n) is 5.86. The third kappa shape index (κ3) is 2.46. The summed E-state index contributed by atoms with van der Waals surface area (Å²) in [6.07, 6.45) is 3.02. The van der Waals surface area contributed by atoms with Crippen molar-refractivity contribution in [1.29, 1.82) is 5.26 Å². The normalized spacial score (nSPS) is 21.4. The maximum absolute atomic E-state index is 11.7. The Morgan fingerprint density at radius 2 is 2.39 bits per heavy atom. The molecule has 1 unspecified atom stereocenters. The van der Waals surface area contributed by atoms with Crippen molar-refractivity contribution in [2.45, 2.75) is 25.0 Å². The monoisotopic (exact) mass is 265 g/mol. The lowest BCUT2D eigenvalue weighted by Gasteiger charge is -2.12. The van der Waals surface area contributed by atoms with E-state index in [2.05, 4.69) is 16.4 Å². The molecule has 0 spiro atoms. The van der Waals surface area contributed by atoms with Crippen LogP contribution in [0.15, 0.2) is 12.3 Å². The quantitative estimate of drug-likeness (QED) is 0.889. The first-order chi connectivity index (χ1) is 8.54. The summed E-state index contributed by atoms with van der Waals surface area (Å²) >= 11 is 0. The van der Waals surface area contributed by atoms with E-state index in [4.69, 9.17) is 5.26 Å². The number of nitriles is 1. The lowest BCUT2D eigenvalue weighted by molar-refractivity contribution is 0.591. The minimum absolute atomic E-state index is 0.270. The van der Waals surface area contributed by atoms with Crippen LogP contribution in [0.3, 0.4) is 0 Å². The summed E-state index contributed by atoms with van der Waals surface area (Å²) in [4.78, 5) is 4.09. The third-order valence-electron chi connectivity index (χ3n) is 3.23. The van der Waals surface area contributed by atoms with E-state index in [9.17, 15) is 8.42 Å². The Morgan fingerprint density at radius 1 is 1.61 bits per heavy atom. The molecule has 1 saturated heterocycles. The minimum atomic E-state index is -2.96. The molecule has 0 aliphatic carbocycles. The fourth-order valence-electron chi connectivity index (χ4n) is 2.13. The second-order valence-electron chi connectivity index (χ2n) is 4.48. The van der Waals surface area contributed by atoms with Gasteiger partial charge < -0.3 is 5.32 Å². The number of nitrogens with zero attached hydrogens (tertiary/aromatic N) is 2. The maximum Gasteiger partial charge on any atom is 0.154 e. The SMILES string of the molecule is Cc1ccnc(NCC2CCCS2(=O)=O)c1C#N. The lowest BCUT2D eigenvalue weighted by Crippen LogP contribution is -2.25. The Labute approximate surface area is 107 Å². The summed E-state index contributed by atoms with van der Waals surface area (Å²) in [5.41, 5.74) is 1.32. The number of aryl methyl sites for hydroxylation is 1. The second-order valence-corrected chi connectivity index (χ2v) is 6.88. The van der Waals surface area contributed by atoms with Crippen molar-refractivity contribution in [3.63, 3.8) is 0 Å². The molecule has 0 amide bonds. The molecule has 1 N–H and O–H groups in total. The molecule has 2 rings (SSSR count). The average molecular weight is 265 g/mol. The van der Waals surface area contributed by atoms with Crippen molar-refractivity contribution < 1.29 is 8.42 Å². The number of hydrogen-bond acceptors (Lipinski definition) is 5. The molecule has 0 bridgehead atoms. The molecule has 18 heavy (non-hydrogen) atoms. The molecule has 2 heterocycles. The molecule has 1 aromatic heterocycles. The third-order valence-corrected chi connectivity index (χ3v) is 5.51. The molecular weight excluding hydrogens is 250 g/mol. The van der Waals surface area contributed by atoms with Gasteiger partial charge in [0, 0.05) is 12.7 Å². The zero-order valence-electron chi connectivity index (χ0n) is 10.2. The van der Waals surface area contributed by atoms with Crippen LogP contribution in [-0.4, -0.2) is 30.9 Å². The van der Waals surface area contributed by atoms with Crippen LogP contribution >= 0.6 is 0 Å². The summed E-state index contributed by atoms with van der Waals surface area (Å²) in [7, 11) is -2.96. The molecule has 0 radical (unpaired) electrons. The molecule has 1 aliphatic heterocycles. The Bertz CT molecular complexity index is 590. The summed E-state index contributed by atoms with van der Waals surface area (Å²) in [5.74, 6) is 0.741. The molecule has 1 atom stereocenters. The van der Waals surface area contributed by atoms with E-state index in [0.717, 1.165) is 12.0 Å². The van der Waals surface area contributed by atoms with E-state index in [1.165, 1.54) is 0 Å². The van der Waals surface area contributed by atoms with Crippen LogP contribution in [0, 0.1) is 18.3 Å². The number of aromatic nitrogens is 1. The van der Waals surface area contributed by atoms with Gasteiger partial charge in [0.15, 0.2) is 9.84 Å². The zero-order valence-corrected chi connectivity index (χ0v) is 11.0. The number of nitrogens with one attached hydrogen (secondary N) is 1. The van der Waals surface area contributed by atoms with Gasteiger partial charge in [-0.25, -0.2) is 13.4 Å². The molecule has 96 valence electrons. The van der Waals surface area contributed by atoms with Crippen molar-refractivity contribution in [3.8, 4) is 6.07 Å². The molecule has 0 aromatic carbocycles. The van der Waals surface area contributed by atoms with E-state index in [-0.39, 0.29) is 11.0 Å². The predicted octanol–water partition coefficient (Wildman–Crippen LogP) is 1.25. The first-order valence-corrected chi connectivity index (χ1v) is 7.57. The van der Waals surface area contributed by atoms with E-state index in [1.54, 1.807) is 12.3 Å². The van der Waals surface area contributed by atoms with Gasteiger partial charge >= 0.3 is 0 Å². The Hall–Kier alpha value is -1.61. The first kappa shape index (κ1) is 12.8. The Balaban J connectivity index is 2.12. The molecule has 1 fully saturated rings. The van der Waals surface area contributed by atoms with E-state index in [0.29, 0.717) is 24.3 Å². The topological polar surface area (TPSA) is 82.8 Å². The minimum Gasteiger partial charge on any atom is -0.368 e. The highest BCUT2D eigenvalue weighted by molar-refractivity contribution is 7.92. The number of hydrogen-bond donors (Lipinski definition) is 1. The van der Waals surface area contributed by atoms with E-state index in [1.807, 2.05) is 6.92 Å². The lowest BCUT2D eigenvalue weighted by atomic mass is 10.1. The fraction of sp³-hybridized carbons (Fsp3) is 0.500.